The number of nitrogens with zero attached hydrogens (tertiary/aromatic N) is 1. The van der Waals surface area contributed by atoms with Crippen LogP contribution in [0.5, 0.6) is 0 Å². The first-order valence-electron chi connectivity index (χ1n) is 7.96. The van der Waals surface area contributed by atoms with Gasteiger partial charge in [-0.3, -0.25) is 4.99 Å². The number of hydrogen-bond donors (Lipinski definition) is 2. The molecule has 0 heterocycles. The van der Waals surface area contributed by atoms with Gasteiger partial charge >= 0.3 is 0 Å². The van der Waals surface area contributed by atoms with Crippen LogP contribution in [0.3, 0.4) is 0 Å². The van der Waals surface area contributed by atoms with E-state index in [4.69, 9.17) is 0 Å². The van der Waals surface area contributed by atoms with Gasteiger partial charge in [0.1, 0.15) is 5.82 Å². The van der Waals surface area contributed by atoms with Crippen molar-refractivity contribution in [2.24, 2.45) is 4.99 Å². The lowest BCUT2D eigenvalue weighted by Crippen LogP contribution is -2.40. The van der Waals surface area contributed by atoms with Crippen LogP contribution in [0.2, 0.25) is 0 Å². The highest BCUT2D eigenvalue weighted by atomic mass is 127. The number of hydrogen-bond acceptors (Lipinski definition) is 1. The van der Waals surface area contributed by atoms with Crippen molar-refractivity contribution in [1.29, 1.82) is 0 Å². The molecule has 24 heavy (non-hydrogen) atoms. The van der Waals surface area contributed by atoms with Crippen molar-refractivity contribution < 1.29 is 4.39 Å². The highest BCUT2D eigenvalue weighted by molar-refractivity contribution is 14.0. The predicted octanol–water partition coefficient (Wildman–Crippen LogP) is 3.84. The van der Waals surface area contributed by atoms with Gasteiger partial charge in [0.2, 0.25) is 0 Å². The molecule has 3 rings (SSSR count). The number of guanidine groups is 1. The second kappa shape index (κ2) is 8.46. The van der Waals surface area contributed by atoms with Gasteiger partial charge in [-0.1, -0.05) is 42.5 Å². The Morgan fingerprint density at radius 3 is 2.46 bits per heavy atom. The maximum atomic E-state index is 13.2. The fourth-order valence-corrected chi connectivity index (χ4v) is 2.82. The van der Waals surface area contributed by atoms with Crippen LogP contribution in [-0.4, -0.2) is 19.6 Å². The Balaban J connectivity index is 0.00000208. The van der Waals surface area contributed by atoms with E-state index in [1.165, 1.54) is 30.5 Å². The average molecular weight is 439 g/mol. The molecule has 0 unspecified atom stereocenters. The highest BCUT2D eigenvalue weighted by Gasteiger charge is 2.43. The SMILES string of the molecule is CN=C(NCc1cccc(F)c1)NCC1(c2ccccc2)CC1.I. The summed E-state index contributed by atoms with van der Waals surface area (Å²) in [6.45, 7) is 1.41. The summed E-state index contributed by atoms with van der Waals surface area (Å²) < 4.78 is 13.2. The van der Waals surface area contributed by atoms with Crippen molar-refractivity contribution in [2.75, 3.05) is 13.6 Å². The van der Waals surface area contributed by atoms with Crippen molar-refractivity contribution in [3.8, 4) is 0 Å². The van der Waals surface area contributed by atoms with Crippen LogP contribution in [0.25, 0.3) is 0 Å². The molecular weight excluding hydrogens is 416 g/mol. The van der Waals surface area contributed by atoms with E-state index in [9.17, 15) is 4.39 Å². The first kappa shape index (κ1) is 18.7. The molecule has 2 N–H and O–H groups in total. The molecule has 0 aliphatic heterocycles. The summed E-state index contributed by atoms with van der Waals surface area (Å²) >= 11 is 0. The molecule has 0 atom stereocenters. The lowest BCUT2D eigenvalue weighted by atomic mass is 9.96. The van der Waals surface area contributed by atoms with Gasteiger partial charge in [-0.15, -0.1) is 24.0 Å². The van der Waals surface area contributed by atoms with Crippen molar-refractivity contribution in [3.05, 3.63) is 71.5 Å². The van der Waals surface area contributed by atoms with Crippen LogP contribution in [0, 0.1) is 5.82 Å². The molecule has 3 nitrogen and oxygen atoms in total. The molecule has 2 aromatic carbocycles. The normalized spacial score (nSPS) is 15.3. The van der Waals surface area contributed by atoms with E-state index in [1.54, 1.807) is 13.1 Å². The zero-order valence-corrected chi connectivity index (χ0v) is 16.1. The van der Waals surface area contributed by atoms with Gasteiger partial charge in [0.15, 0.2) is 5.96 Å². The first-order valence-corrected chi connectivity index (χ1v) is 7.96. The summed E-state index contributed by atoms with van der Waals surface area (Å²) in [5, 5.41) is 6.64. The van der Waals surface area contributed by atoms with Crippen LogP contribution in [-0.2, 0) is 12.0 Å². The standard InChI is InChI=1S/C19H22FN3.HI/c1-21-18(22-13-15-6-5-9-17(20)12-15)23-14-19(10-11-19)16-7-3-2-4-8-16;/h2-9,12H,10-11,13-14H2,1H3,(H2,21,22,23);1H. The topological polar surface area (TPSA) is 36.4 Å². The maximum Gasteiger partial charge on any atom is 0.191 e. The van der Waals surface area contributed by atoms with Crippen LogP contribution < -0.4 is 10.6 Å². The molecule has 0 aromatic heterocycles. The fourth-order valence-electron chi connectivity index (χ4n) is 2.82. The van der Waals surface area contributed by atoms with Crippen LogP contribution in [0.1, 0.15) is 24.0 Å². The molecule has 128 valence electrons. The summed E-state index contributed by atoms with van der Waals surface area (Å²) in [4.78, 5) is 4.25. The number of halogens is 2. The van der Waals surface area contributed by atoms with Gasteiger partial charge in [-0.25, -0.2) is 4.39 Å². The zero-order chi connectivity index (χ0) is 16.1. The molecule has 0 amide bonds. The second-order valence-corrected chi connectivity index (χ2v) is 6.06. The third kappa shape index (κ3) is 4.69. The molecular formula is C19H23FIN3. The second-order valence-electron chi connectivity index (χ2n) is 6.06. The molecule has 0 saturated heterocycles. The van der Waals surface area contributed by atoms with Crippen molar-refractivity contribution >= 4 is 29.9 Å². The molecule has 0 bridgehead atoms. The molecule has 0 spiro atoms. The molecule has 1 saturated carbocycles. The number of benzene rings is 2. The Bertz CT molecular complexity index is 684. The molecule has 1 aliphatic carbocycles. The molecule has 0 radical (unpaired) electrons. The summed E-state index contributed by atoms with van der Waals surface area (Å²) in [6.07, 6.45) is 2.40. The Morgan fingerprint density at radius 2 is 1.83 bits per heavy atom. The van der Waals surface area contributed by atoms with Gasteiger partial charge in [0, 0.05) is 25.6 Å². The zero-order valence-electron chi connectivity index (χ0n) is 13.8. The van der Waals surface area contributed by atoms with E-state index in [0.717, 1.165) is 18.1 Å². The lowest BCUT2D eigenvalue weighted by molar-refractivity contribution is 0.623. The minimum Gasteiger partial charge on any atom is -0.356 e. The molecule has 1 fully saturated rings. The van der Waals surface area contributed by atoms with Crippen LogP contribution in [0.4, 0.5) is 4.39 Å². The van der Waals surface area contributed by atoms with Gasteiger partial charge in [0.05, 0.1) is 0 Å². The lowest BCUT2D eigenvalue weighted by Gasteiger charge is -2.19. The van der Waals surface area contributed by atoms with Crippen LogP contribution in [0.15, 0.2) is 59.6 Å². The van der Waals surface area contributed by atoms with Crippen molar-refractivity contribution in [3.63, 3.8) is 0 Å². The van der Waals surface area contributed by atoms with Gasteiger partial charge < -0.3 is 10.6 Å². The largest absolute Gasteiger partial charge is 0.356 e. The number of nitrogens with one attached hydrogen (secondary N) is 2. The third-order valence-electron chi connectivity index (χ3n) is 4.41. The third-order valence-corrected chi connectivity index (χ3v) is 4.41. The summed E-state index contributed by atoms with van der Waals surface area (Å²) in [7, 11) is 1.75. The fraction of sp³-hybridized carbons (Fsp3) is 0.316. The number of aliphatic imine (C=N–C) groups is 1. The van der Waals surface area contributed by atoms with E-state index >= 15 is 0 Å². The average Bonchev–Trinajstić information content (AvgIpc) is 3.37. The maximum absolute atomic E-state index is 13.2. The van der Waals surface area contributed by atoms with Crippen LogP contribution >= 0.6 is 24.0 Å². The van der Waals surface area contributed by atoms with E-state index in [2.05, 4.69) is 39.9 Å². The van der Waals surface area contributed by atoms with Crippen molar-refractivity contribution in [2.45, 2.75) is 24.8 Å². The van der Waals surface area contributed by atoms with E-state index < -0.39 is 0 Å². The summed E-state index contributed by atoms with van der Waals surface area (Å²) in [5.74, 6) is 0.532. The van der Waals surface area contributed by atoms with Gasteiger partial charge in [-0.05, 0) is 36.1 Å². The Hall–Kier alpha value is -1.63. The smallest absolute Gasteiger partial charge is 0.191 e. The predicted molar refractivity (Wildman–Crippen MR) is 107 cm³/mol. The Morgan fingerprint density at radius 1 is 1.08 bits per heavy atom. The Kier molecular flexibility index (Phi) is 6.60. The minimum absolute atomic E-state index is 0. The number of rotatable bonds is 5. The molecule has 2 aromatic rings. The van der Waals surface area contributed by atoms with E-state index in [0.29, 0.717) is 6.54 Å². The van der Waals surface area contributed by atoms with Crippen molar-refractivity contribution in [1.82, 2.24) is 10.6 Å². The quantitative estimate of drug-likeness (QED) is 0.422. The monoisotopic (exact) mass is 439 g/mol. The van der Waals surface area contributed by atoms with Gasteiger partial charge in [0.25, 0.3) is 0 Å². The van der Waals surface area contributed by atoms with Gasteiger partial charge in [-0.2, -0.15) is 0 Å². The van der Waals surface area contributed by atoms with E-state index in [-0.39, 0.29) is 35.2 Å². The molecule has 1 aliphatic rings. The highest BCUT2D eigenvalue weighted by Crippen LogP contribution is 2.47. The minimum atomic E-state index is -0.215. The summed E-state index contributed by atoms with van der Waals surface area (Å²) in [6, 6.07) is 17.2. The first-order chi connectivity index (χ1) is 11.2. The summed E-state index contributed by atoms with van der Waals surface area (Å²) in [5.41, 5.74) is 2.52. The Labute approximate surface area is 159 Å². The van der Waals surface area contributed by atoms with E-state index in [1.807, 2.05) is 12.1 Å². The molecule has 5 heteroatoms.